The predicted octanol–water partition coefficient (Wildman–Crippen LogP) is 3.80. The molecule has 17 heavy (non-hydrogen) atoms. The Morgan fingerprint density at radius 1 is 1.29 bits per heavy atom. The summed E-state index contributed by atoms with van der Waals surface area (Å²) >= 11 is 1.80. The summed E-state index contributed by atoms with van der Waals surface area (Å²) in [7, 11) is 0. The first-order chi connectivity index (χ1) is 8.21. The second-order valence-corrected chi connectivity index (χ2v) is 5.67. The van der Waals surface area contributed by atoms with Crippen LogP contribution in [0.5, 0.6) is 0 Å². The second kappa shape index (κ2) is 7.83. The zero-order valence-corrected chi connectivity index (χ0v) is 12.4. The number of hydrogen-bond acceptors (Lipinski definition) is 3. The smallest absolute Gasteiger partial charge is 0.0943 e. The summed E-state index contributed by atoms with van der Waals surface area (Å²) in [6.45, 7) is 10.0. The van der Waals surface area contributed by atoms with Gasteiger partial charge in [0.1, 0.15) is 0 Å². The van der Waals surface area contributed by atoms with Crippen LogP contribution in [0.3, 0.4) is 0 Å². The molecule has 0 amide bonds. The number of rotatable bonds is 8. The molecule has 2 nitrogen and oxygen atoms in total. The topological polar surface area (TPSA) is 24.9 Å². The molecule has 1 heterocycles. The van der Waals surface area contributed by atoms with Crippen LogP contribution < -0.4 is 5.32 Å². The Balaban J connectivity index is 2.61. The number of nitrogens with one attached hydrogen (secondary N) is 1. The van der Waals surface area contributed by atoms with Gasteiger partial charge in [-0.25, -0.2) is 4.98 Å². The first-order valence-corrected chi connectivity index (χ1v) is 7.73. The molecule has 0 spiro atoms. The van der Waals surface area contributed by atoms with Crippen molar-refractivity contribution in [2.24, 2.45) is 5.92 Å². The van der Waals surface area contributed by atoms with Gasteiger partial charge >= 0.3 is 0 Å². The highest BCUT2D eigenvalue weighted by Gasteiger charge is 2.19. The van der Waals surface area contributed by atoms with Crippen molar-refractivity contribution < 1.29 is 0 Å². The molecule has 3 heteroatoms. The summed E-state index contributed by atoms with van der Waals surface area (Å²) in [5.74, 6) is 0.769. The maximum atomic E-state index is 4.59. The fourth-order valence-corrected chi connectivity index (χ4v) is 3.11. The molecule has 1 aromatic rings. The van der Waals surface area contributed by atoms with Crippen molar-refractivity contribution in [2.45, 2.75) is 59.4 Å². The van der Waals surface area contributed by atoms with Crippen molar-refractivity contribution in [2.75, 3.05) is 6.54 Å². The highest BCUT2D eigenvalue weighted by Crippen LogP contribution is 2.19. The normalized spacial score (nSPS) is 13.2. The summed E-state index contributed by atoms with van der Waals surface area (Å²) in [6, 6.07) is 0.593. The van der Waals surface area contributed by atoms with E-state index in [1.165, 1.54) is 24.3 Å². The number of aromatic nitrogens is 1. The summed E-state index contributed by atoms with van der Waals surface area (Å²) in [5.41, 5.74) is 1.16. The molecule has 0 aliphatic heterocycles. The van der Waals surface area contributed by atoms with E-state index in [-0.39, 0.29) is 0 Å². The number of nitrogens with zero attached hydrogens (tertiary/aromatic N) is 1. The molecule has 1 aromatic heterocycles. The van der Waals surface area contributed by atoms with Gasteiger partial charge in [-0.05, 0) is 25.8 Å². The highest BCUT2D eigenvalue weighted by molar-refractivity contribution is 7.09. The predicted molar refractivity (Wildman–Crippen MR) is 76.7 cm³/mol. The van der Waals surface area contributed by atoms with E-state index in [1.54, 1.807) is 11.3 Å². The molecule has 1 unspecified atom stereocenters. The molecule has 0 saturated carbocycles. The number of hydrogen-bond donors (Lipinski definition) is 1. The van der Waals surface area contributed by atoms with Crippen LogP contribution in [0.15, 0.2) is 5.38 Å². The standard InChI is InChI=1S/C14H26N2S/c1-5-8-15-13(12(6-2)7-3)9-14-16-11(4)10-17-14/h10,12-13,15H,5-9H2,1-4H3. The van der Waals surface area contributed by atoms with Crippen LogP contribution in [0.25, 0.3) is 0 Å². The molecule has 98 valence electrons. The minimum atomic E-state index is 0.593. The summed E-state index contributed by atoms with van der Waals surface area (Å²) in [6.07, 6.45) is 4.79. The van der Waals surface area contributed by atoms with Gasteiger partial charge in [-0.1, -0.05) is 33.6 Å². The zero-order chi connectivity index (χ0) is 12.7. The van der Waals surface area contributed by atoms with Crippen molar-refractivity contribution in [1.82, 2.24) is 10.3 Å². The summed E-state index contributed by atoms with van der Waals surface area (Å²) < 4.78 is 0. The van der Waals surface area contributed by atoms with Gasteiger partial charge in [-0.3, -0.25) is 0 Å². The molecule has 0 radical (unpaired) electrons. The lowest BCUT2D eigenvalue weighted by molar-refractivity contribution is 0.331. The first kappa shape index (κ1) is 14.7. The van der Waals surface area contributed by atoms with Crippen LogP contribution in [0.4, 0.5) is 0 Å². The largest absolute Gasteiger partial charge is 0.313 e. The van der Waals surface area contributed by atoms with E-state index in [0.717, 1.165) is 24.6 Å². The molecule has 1 atom stereocenters. The van der Waals surface area contributed by atoms with E-state index in [2.05, 4.69) is 43.4 Å². The van der Waals surface area contributed by atoms with E-state index < -0.39 is 0 Å². The summed E-state index contributed by atoms with van der Waals surface area (Å²) in [5, 5.41) is 7.13. The average molecular weight is 254 g/mol. The minimum Gasteiger partial charge on any atom is -0.313 e. The molecular weight excluding hydrogens is 228 g/mol. The van der Waals surface area contributed by atoms with Crippen LogP contribution in [0.2, 0.25) is 0 Å². The van der Waals surface area contributed by atoms with Crippen LogP contribution in [0, 0.1) is 12.8 Å². The van der Waals surface area contributed by atoms with Gasteiger partial charge in [-0.15, -0.1) is 11.3 Å². The molecule has 1 rings (SSSR count). The summed E-state index contributed by atoms with van der Waals surface area (Å²) in [4.78, 5) is 4.59. The Kier molecular flexibility index (Phi) is 6.75. The highest BCUT2D eigenvalue weighted by atomic mass is 32.1. The monoisotopic (exact) mass is 254 g/mol. The van der Waals surface area contributed by atoms with Gasteiger partial charge in [0.2, 0.25) is 0 Å². The van der Waals surface area contributed by atoms with Gasteiger partial charge in [0.15, 0.2) is 0 Å². The third kappa shape index (κ3) is 4.76. The second-order valence-electron chi connectivity index (χ2n) is 4.72. The Morgan fingerprint density at radius 2 is 2.00 bits per heavy atom. The average Bonchev–Trinajstić information content (AvgIpc) is 2.73. The quantitative estimate of drug-likeness (QED) is 0.763. The number of thiazole rings is 1. The Labute approximate surface area is 110 Å². The third-order valence-electron chi connectivity index (χ3n) is 3.34. The van der Waals surface area contributed by atoms with Crippen LogP contribution >= 0.6 is 11.3 Å². The SMILES string of the molecule is CCCNC(Cc1nc(C)cs1)C(CC)CC. The molecule has 0 aliphatic rings. The van der Waals surface area contributed by atoms with E-state index in [0.29, 0.717) is 6.04 Å². The fourth-order valence-electron chi connectivity index (χ4n) is 2.28. The van der Waals surface area contributed by atoms with Crippen LogP contribution in [-0.4, -0.2) is 17.6 Å². The molecule has 1 N–H and O–H groups in total. The first-order valence-electron chi connectivity index (χ1n) is 6.85. The molecule has 0 saturated heterocycles. The lowest BCUT2D eigenvalue weighted by Gasteiger charge is -2.25. The lowest BCUT2D eigenvalue weighted by Crippen LogP contribution is -2.38. The van der Waals surface area contributed by atoms with Crippen molar-refractivity contribution in [3.63, 3.8) is 0 Å². The maximum Gasteiger partial charge on any atom is 0.0943 e. The van der Waals surface area contributed by atoms with Crippen molar-refractivity contribution in [3.05, 3.63) is 16.1 Å². The van der Waals surface area contributed by atoms with Gasteiger partial charge in [0.25, 0.3) is 0 Å². The van der Waals surface area contributed by atoms with Crippen LogP contribution in [-0.2, 0) is 6.42 Å². The maximum absolute atomic E-state index is 4.59. The van der Waals surface area contributed by atoms with Crippen molar-refractivity contribution in [3.8, 4) is 0 Å². The molecule has 0 bridgehead atoms. The Morgan fingerprint density at radius 3 is 2.47 bits per heavy atom. The van der Waals surface area contributed by atoms with Gasteiger partial charge in [0.05, 0.1) is 5.01 Å². The fraction of sp³-hybridized carbons (Fsp3) is 0.786. The van der Waals surface area contributed by atoms with Gasteiger partial charge in [-0.2, -0.15) is 0 Å². The minimum absolute atomic E-state index is 0.593. The van der Waals surface area contributed by atoms with Crippen molar-refractivity contribution >= 4 is 11.3 Å². The lowest BCUT2D eigenvalue weighted by atomic mass is 9.92. The molecule has 0 fully saturated rings. The van der Waals surface area contributed by atoms with Crippen molar-refractivity contribution in [1.29, 1.82) is 0 Å². The van der Waals surface area contributed by atoms with Gasteiger partial charge < -0.3 is 5.32 Å². The van der Waals surface area contributed by atoms with Crippen LogP contribution in [0.1, 0.15) is 50.7 Å². The third-order valence-corrected chi connectivity index (χ3v) is 4.32. The molecule has 0 aromatic carbocycles. The Hall–Kier alpha value is -0.410. The van der Waals surface area contributed by atoms with E-state index in [4.69, 9.17) is 0 Å². The van der Waals surface area contributed by atoms with E-state index >= 15 is 0 Å². The molecular formula is C14H26N2S. The Bertz CT molecular complexity index is 305. The zero-order valence-electron chi connectivity index (χ0n) is 11.6. The van der Waals surface area contributed by atoms with E-state index in [1.807, 2.05) is 0 Å². The van der Waals surface area contributed by atoms with Gasteiger partial charge in [0, 0.05) is 23.5 Å². The number of aryl methyl sites for hydroxylation is 1. The van der Waals surface area contributed by atoms with E-state index in [9.17, 15) is 0 Å². The molecule has 0 aliphatic carbocycles.